The van der Waals surface area contributed by atoms with Crippen LogP contribution in [0.5, 0.6) is 0 Å². The van der Waals surface area contributed by atoms with Gasteiger partial charge in [0.1, 0.15) is 5.82 Å². The van der Waals surface area contributed by atoms with Gasteiger partial charge in [-0.05, 0) is 29.5 Å². The van der Waals surface area contributed by atoms with Crippen LogP contribution in [0.2, 0.25) is 0 Å². The lowest BCUT2D eigenvalue weighted by molar-refractivity contribution is -0.120. The minimum Gasteiger partial charge on any atom is -0.354 e. The van der Waals surface area contributed by atoms with Gasteiger partial charge in [-0.25, -0.2) is 4.39 Å². The van der Waals surface area contributed by atoms with Crippen molar-refractivity contribution in [3.05, 3.63) is 35.6 Å². The fraction of sp³-hybridized carbons (Fsp3) is 0.556. The third-order valence-corrected chi connectivity index (χ3v) is 4.17. The van der Waals surface area contributed by atoms with Gasteiger partial charge in [0.2, 0.25) is 5.91 Å². The van der Waals surface area contributed by atoms with Crippen molar-refractivity contribution in [2.45, 2.75) is 26.7 Å². The molecule has 1 aliphatic rings. The van der Waals surface area contributed by atoms with Crippen LogP contribution in [-0.2, 0) is 11.2 Å². The van der Waals surface area contributed by atoms with Crippen molar-refractivity contribution >= 4 is 35.8 Å². The highest BCUT2D eigenvalue weighted by atomic mass is 127. The molecule has 1 fully saturated rings. The number of carbonyl (C=O) groups is 1. The third kappa shape index (κ3) is 7.17. The molecule has 1 saturated heterocycles. The van der Waals surface area contributed by atoms with Gasteiger partial charge in [-0.1, -0.05) is 26.0 Å². The molecule has 5 nitrogen and oxygen atoms in total. The van der Waals surface area contributed by atoms with Crippen molar-refractivity contribution in [3.63, 3.8) is 0 Å². The van der Waals surface area contributed by atoms with Gasteiger partial charge in [0.15, 0.2) is 5.96 Å². The average Bonchev–Trinajstić information content (AvgIpc) is 2.87. The number of hydrogen-bond donors (Lipinski definition) is 2. The summed E-state index contributed by atoms with van der Waals surface area (Å²) in [7, 11) is 1.77. The van der Waals surface area contributed by atoms with E-state index >= 15 is 0 Å². The Morgan fingerprint density at radius 1 is 1.32 bits per heavy atom. The van der Waals surface area contributed by atoms with Gasteiger partial charge in [0.05, 0.1) is 6.42 Å². The predicted molar refractivity (Wildman–Crippen MR) is 110 cm³/mol. The molecule has 25 heavy (non-hydrogen) atoms. The minimum atomic E-state index is -0.320. The highest BCUT2D eigenvalue weighted by Gasteiger charge is 2.30. The van der Waals surface area contributed by atoms with Crippen LogP contribution in [0.15, 0.2) is 29.3 Å². The van der Waals surface area contributed by atoms with Crippen LogP contribution >= 0.6 is 24.0 Å². The van der Waals surface area contributed by atoms with Crippen LogP contribution in [0.4, 0.5) is 4.39 Å². The number of carbonyl (C=O) groups excluding carboxylic acids is 1. The maximum atomic E-state index is 13.1. The molecule has 0 radical (unpaired) electrons. The minimum absolute atomic E-state index is 0. The Balaban J connectivity index is 0.00000312. The van der Waals surface area contributed by atoms with Crippen LogP contribution < -0.4 is 10.6 Å². The summed E-state index contributed by atoms with van der Waals surface area (Å²) in [6.07, 6.45) is 1.34. The summed E-state index contributed by atoms with van der Waals surface area (Å²) in [5, 5.41) is 6.12. The Hall–Kier alpha value is -1.38. The number of likely N-dealkylation sites (tertiary alicyclic amines) is 1. The summed E-state index contributed by atoms with van der Waals surface area (Å²) in [4.78, 5) is 18.4. The maximum Gasteiger partial charge on any atom is 0.224 e. The van der Waals surface area contributed by atoms with Gasteiger partial charge in [-0.2, -0.15) is 0 Å². The van der Waals surface area contributed by atoms with E-state index < -0.39 is 0 Å². The van der Waals surface area contributed by atoms with Crippen molar-refractivity contribution in [2.24, 2.45) is 10.4 Å². The van der Waals surface area contributed by atoms with E-state index in [-0.39, 0.29) is 42.1 Å². The summed E-state index contributed by atoms with van der Waals surface area (Å²) in [6.45, 7) is 7.61. The molecule has 2 N–H and O–H groups in total. The molecular formula is C18H28FIN4O. The molecule has 0 unspecified atom stereocenters. The number of aliphatic imine (C=N–C) groups is 1. The van der Waals surface area contributed by atoms with E-state index in [4.69, 9.17) is 0 Å². The first kappa shape index (κ1) is 21.7. The highest BCUT2D eigenvalue weighted by molar-refractivity contribution is 14.0. The molecule has 1 aliphatic heterocycles. The van der Waals surface area contributed by atoms with Crippen molar-refractivity contribution in [2.75, 3.05) is 33.2 Å². The largest absolute Gasteiger partial charge is 0.354 e. The van der Waals surface area contributed by atoms with Crippen LogP contribution in [0.1, 0.15) is 25.8 Å². The summed E-state index contributed by atoms with van der Waals surface area (Å²) >= 11 is 0. The standard InChI is InChI=1S/C18H27FN4O.HI/c1-18(2)7-10-23(13-18)17(20-3)22-9-8-21-16(24)12-14-5-4-6-15(19)11-14;/h4-6,11H,7-10,12-13H2,1-3H3,(H,20,22)(H,21,24);1H. The van der Waals surface area contributed by atoms with E-state index in [1.807, 2.05) is 0 Å². The van der Waals surface area contributed by atoms with Gasteiger partial charge < -0.3 is 15.5 Å². The lowest BCUT2D eigenvalue weighted by atomic mass is 9.93. The smallest absolute Gasteiger partial charge is 0.224 e. The molecule has 1 heterocycles. The number of halogens is 2. The first-order chi connectivity index (χ1) is 11.4. The summed E-state index contributed by atoms with van der Waals surface area (Å²) < 4.78 is 13.1. The Morgan fingerprint density at radius 3 is 2.64 bits per heavy atom. The SMILES string of the molecule is CN=C(NCCNC(=O)Cc1cccc(F)c1)N1CCC(C)(C)C1.I. The number of amides is 1. The molecule has 0 saturated carbocycles. The van der Waals surface area contributed by atoms with Gasteiger partial charge in [0, 0.05) is 33.2 Å². The molecule has 0 bridgehead atoms. The predicted octanol–water partition coefficient (Wildman–Crippen LogP) is 2.41. The zero-order valence-corrected chi connectivity index (χ0v) is 17.5. The number of rotatable bonds is 5. The fourth-order valence-electron chi connectivity index (χ4n) is 2.90. The van der Waals surface area contributed by atoms with E-state index in [1.165, 1.54) is 12.1 Å². The van der Waals surface area contributed by atoms with E-state index in [0.717, 1.165) is 25.5 Å². The number of nitrogens with zero attached hydrogens (tertiary/aromatic N) is 2. The second-order valence-corrected chi connectivity index (χ2v) is 6.97. The molecule has 1 aromatic rings. The monoisotopic (exact) mass is 462 g/mol. The van der Waals surface area contributed by atoms with E-state index in [1.54, 1.807) is 19.2 Å². The topological polar surface area (TPSA) is 56.7 Å². The fourth-order valence-corrected chi connectivity index (χ4v) is 2.90. The maximum absolute atomic E-state index is 13.1. The van der Waals surface area contributed by atoms with Crippen molar-refractivity contribution in [3.8, 4) is 0 Å². The molecule has 0 spiro atoms. The van der Waals surface area contributed by atoms with Crippen LogP contribution in [0.3, 0.4) is 0 Å². The zero-order valence-electron chi connectivity index (χ0n) is 15.1. The van der Waals surface area contributed by atoms with Crippen LogP contribution in [0.25, 0.3) is 0 Å². The lowest BCUT2D eigenvalue weighted by Crippen LogP contribution is -2.43. The number of hydrogen-bond acceptors (Lipinski definition) is 2. The normalized spacial score (nSPS) is 16.3. The quantitative estimate of drug-likeness (QED) is 0.306. The van der Waals surface area contributed by atoms with E-state index in [2.05, 4.69) is 34.4 Å². The van der Waals surface area contributed by atoms with Crippen molar-refractivity contribution in [1.29, 1.82) is 0 Å². The molecule has 1 aromatic carbocycles. The van der Waals surface area contributed by atoms with Crippen LogP contribution in [-0.4, -0.2) is 50.0 Å². The van der Waals surface area contributed by atoms with Crippen LogP contribution in [0, 0.1) is 11.2 Å². The Bertz CT molecular complexity index is 606. The Labute approximate surface area is 166 Å². The summed E-state index contributed by atoms with van der Waals surface area (Å²) in [6, 6.07) is 6.12. The highest BCUT2D eigenvalue weighted by Crippen LogP contribution is 2.28. The number of guanidine groups is 1. The Morgan fingerprint density at radius 2 is 2.04 bits per heavy atom. The second-order valence-electron chi connectivity index (χ2n) is 6.97. The molecule has 140 valence electrons. The van der Waals surface area contributed by atoms with E-state index in [0.29, 0.717) is 24.1 Å². The van der Waals surface area contributed by atoms with Gasteiger partial charge in [-0.15, -0.1) is 24.0 Å². The van der Waals surface area contributed by atoms with Crippen molar-refractivity contribution < 1.29 is 9.18 Å². The molecule has 2 rings (SSSR count). The van der Waals surface area contributed by atoms with E-state index in [9.17, 15) is 9.18 Å². The molecule has 1 amide bonds. The third-order valence-electron chi connectivity index (χ3n) is 4.17. The van der Waals surface area contributed by atoms with Crippen molar-refractivity contribution in [1.82, 2.24) is 15.5 Å². The molecule has 0 aromatic heterocycles. The first-order valence-corrected chi connectivity index (χ1v) is 8.36. The first-order valence-electron chi connectivity index (χ1n) is 8.36. The number of benzene rings is 1. The molecule has 0 atom stereocenters. The van der Waals surface area contributed by atoms with Gasteiger partial charge in [-0.3, -0.25) is 9.79 Å². The molecule has 0 aliphatic carbocycles. The summed E-state index contributed by atoms with van der Waals surface area (Å²) in [5.74, 6) is 0.443. The molecular weight excluding hydrogens is 434 g/mol. The number of nitrogens with one attached hydrogen (secondary N) is 2. The average molecular weight is 462 g/mol. The molecule has 7 heteroatoms. The second kappa shape index (κ2) is 9.94. The lowest BCUT2D eigenvalue weighted by Gasteiger charge is -2.23. The van der Waals surface area contributed by atoms with Gasteiger partial charge >= 0.3 is 0 Å². The van der Waals surface area contributed by atoms with Gasteiger partial charge in [0.25, 0.3) is 0 Å². The Kier molecular flexibility index (Phi) is 8.61. The zero-order chi connectivity index (χ0) is 17.6. The summed E-state index contributed by atoms with van der Waals surface area (Å²) in [5.41, 5.74) is 0.993.